The SMILES string of the molecule is CC.CCC(C)CCC(CC)(CC)NC(=O)C(C)CC.CCCO.CCCc1c(NC(=O)C2=CCNN(C)C2=O)cccc1-c1cccc(-c2cc3c(c(OC)n2)C(C)CC3)c1Cl. The van der Waals surface area contributed by atoms with Gasteiger partial charge in [-0.25, -0.2) is 10.4 Å². The van der Waals surface area contributed by atoms with E-state index in [4.69, 9.17) is 26.4 Å². The number of hydrogen-bond acceptors (Lipinski definition) is 7. The zero-order chi connectivity index (χ0) is 47.3. The van der Waals surface area contributed by atoms with Crippen molar-refractivity contribution in [3.8, 4) is 28.3 Å². The molecule has 1 aromatic heterocycles. The van der Waals surface area contributed by atoms with E-state index < -0.39 is 5.91 Å². The first-order valence-electron chi connectivity index (χ1n) is 23.6. The van der Waals surface area contributed by atoms with Crippen LogP contribution in [0.3, 0.4) is 0 Å². The van der Waals surface area contributed by atoms with Crippen molar-refractivity contribution in [1.82, 2.24) is 20.7 Å². The van der Waals surface area contributed by atoms with E-state index in [1.807, 2.05) is 64.1 Å². The molecule has 0 bridgehead atoms. The predicted molar refractivity (Wildman–Crippen MR) is 263 cm³/mol. The number of benzene rings is 2. The number of nitrogens with one attached hydrogen (secondary N) is 3. The molecule has 350 valence electrons. The number of pyridine rings is 1. The number of aliphatic hydroxyl groups is 1. The Morgan fingerprint density at radius 1 is 1.00 bits per heavy atom. The second kappa shape index (κ2) is 27.8. The number of halogens is 1. The fourth-order valence-electron chi connectivity index (χ4n) is 7.68. The average Bonchev–Trinajstić information content (AvgIpc) is 3.69. The van der Waals surface area contributed by atoms with E-state index in [2.05, 4.69) is 70.6 Å². The number of likely N-dealkylation sites (N-methyl/N-ethyl adjacent to an activating group) is 1. The number of aromatic nitrogens is 1. The number of aliphatic hydroxyl groups excluding tert-OH is 1. The summed E-state index contributed by atoms with van der Waals surface area (Å²) < 4.78 is 5.68. The molecular formula is C52H80ClN5O5. The molecular weight excluding hydrogens is 810 g/mol. The van der Waals surface area contributed by atoms with E-state index in [-0.39, 0.29) is 28.8 Å². The molecule has 3 unspecified atom stereocenters. The van der Waals surface area contributed by atoms with Crippen LogP contribution in [0.15, 0.2) is 54.1 Å². The molecule has 3 amide bonds. The van der Waals surface area contributed by atoms with Gasteiger partial charge in [-0.15, -0.1) is 0 Å². The molecule has 11 heteroatoms. The third kappa shape index (κ3) is 14.9. The van der Waals surface area contributed by atoms with Crippen LogP contribution in [0.25, 0.3) is 22.4 Å². The van der Waals surface area contributed by atoms with Gasteiger partial charge in [0, 0.05) is 54.0 Å². The first kappa shape index (κ1) is 54.9. The lowest BCUT2D eigenvalue weighted by Crippen LogP contribution is -2.49. The highest BCUT2D eigenvalue weighted by atomic mass is 35.5. The second-order valence-electron chi connectivity index (χ2n) is 16.6. The number of methoxy groups -OCH3 is 1. The maximum Gasteiger partial charge on any atom is 0.273 e. The van der Waals surface area contributed by atoms with Crippen molar-refractivity contribution >= 4 is 35.0 Å². The Morgan fingerprint density at radius 3 is 2.22 bits per heavy atom. The Hall–Kier alpha value is -4.25. The Balaban J connectivity index is 0.000000477. The Morgan fingerprint density at radius 2 is 1.63 bits per heavy atom. The summed E-state index contributed by atoms with van der Waals surface area (Å²) in [6.45, 7) is 24.0. The Bertz CT molecular complexity index is 1940. The van der Waals surface area contributed by atoms with Gasteiger partial charge in [-0.05, 0) is 98.4 Å². The summed E-state index contributed by atoms with van der Waals surface area (Å²) >= 11 is 7.11. The van der Waals surface area contributed by atoms with Gasteiger partial charge in [0.05, 0.1) is 17.8 Å². The van der Waals surface area contributed by atoms with Crippen LogP contribution in [0.5, 0.6) is 5.88 Å². The Labute approximate surface area is 385 Å². The lowest BCUT2D eigenvalue weighted by Gasteiger charge is -2.35. The fraction of sp³-hybridized carbons (Fsp3) is 0.577. The Kier molecular flexibility index (Phi) is 24.2. The van der Waals surface area contributed by atoms with Crippen LogP contribution in [0.1, 0.15) is 157 Å². The quantitative estimate of drug-likeness (QED) is 0.0992. The number of hydrazine groups is 1. The van der Waals surface area contributed by atoms with Gasteiger partial charge in [0.25, 0.3) is 11.8 Å². The number of fused-ring (bicyclic) bond motifs is 1. The lowest BCUT2D eigenvalue weighted by atomic mass is 9.84. The third-order valence-corrected chi connectivity index (χ3v) is 12.8. The van der Waals surface area contributed by atoms with Crippen LogP contribution in [0, 0.1) is 11.8 Å². The van der Waals surface area contributed by atoms with Crippen LogP contribution in [-0.2, 0) is 27.2 Å². The number of rotatable bonds is 17. The van der Waals surface area contributed by atoms with Crippen LogP contribution in [0.4, 0.5) is 5.69 Å². The molecule has 0 radical (unpaired) electrons. The number of hydrogen-bond donors (Lipinski definition) is 4. The minimum absolute atomic E-state index is 0.0178. The molecule has 1 aliphatic heterocycles. The van der Waals surface area contributed by atoms with E-state index in [1.54, 1.807) is 20.2 Å². The van der Waals surface area contributed by atoms with E-state index in [0.717, 1.165) is 91.7 Å². The van der Waals surface area contributed by atoms with Crippen molar-refractivity contribution in [3.63, 3.8) is 0 Å². The van der Waals surface area contributed by atoms with E-state index in [1.165, 1.54) is 29.0 Å². The number of aryl methyl sites for hydroxylation is 1. The molecule has 4 N–H and O–H groups in total. The summed E-state index contributed by atoms with van der Waals surface area (Å²) in [5, 5.41) is 16.1. The molecule has 0 spiro atoms. The van der Waals surface area contributed by atoms with E-state index >= 15 is 0 Å². The van der Waals surface area contributed by atoms with Crippen LogP contribution >= 0.6 is 11.6 Å². The van der Waals surface area contributed by atoms with Crippen molar-refractivity contribution in [2.75, 3.05) is 32.6 Å². The summed E-state index contributed by atoms with van der Waals surface area (Å²) in [7, 11) is 3.27. The minimum Gasteiger partial charge on any atom is -0.481 e. The monoisotopic (exact) mass is 890 g/mol. The normalized spacial score (nSPS) is 15.2. The highest BCUT2D eigenvalue weighted by Crippen LogP contribution is 2.44. The van der Waals surface area contributed by atoms with Gasteiger partial charge in [0.2, 0.25) is 11.8 Å². The summed E-state index contributed by atoms with van der Waals surface area (Å²) in [4.78, 5) is 42.6. The fourth-order valence-corrected chi connectivity index (χ4v) is 8.01. The number of carbonyl (C=O) groups excluding carboxylic acids is 3. The number of carbonyl (C=O) groups is 3. The van der Waals surface area contributed by atoms with Crippen molar-refractivity contribution < 1.29 is 24.2 Å². The molecule has 3 aromatic rings. The van der Waals surface area contributed by atoms with Crippen molar-refractivity contribution in [3.05, 3.63) is 75.8 Å². The standard InChI is InChI=1S/C31H33ClN4O3.C16H33NO.C3H8O.C2H6/c1-5-8-21-20(9-7-12-25(21)34-29(37)24-15-16-33-36(3)31(24)38)22-10-6-11-23(28(22)32)26-17-19-14-13-18(2)27(19)30(35-26)39-4;1-7-13(5)11-12-16(9-3,10-4)17-15(18)14(6)8-2;1-2-3-4;1-2/h6-7,9-12,15,17-18,33H,5,8,13-14,16H2,1-4H3,(H,34,37);13-14H,7-12H2,1-6H3,(H,17,18);4H,2-3H2,1H3;1-2H3. The molecule has 0 saturated heterocycles. The number of nitrogens with zero attached hydrogens (tertiary/aromatic N) is 2. The zero-order valence-electron chi connectivity index (χ0n) is 40.9. The van der Waals surface area contributed by atoms with Crippen LogP contribution in [-0.4, -0.2) is 65.7 Å². The topological polar surface area (TPSA) is 133 Å². The van der Waals surface area contributed by atoms with E-state index in [0.29, 0.717) is 35.7 Å². The highest BCUT2D eigenvalue weighted by molar-refractivity contribution is 6.36. The first-order valence-corrected chi connectivity index (χ1v) is 24.0. The minimum atomic E-state index is -0.425. The summed E-state index contributed by atoms with van der Waals surface area (Å²) in [5.41, 5.74) is 10.5. The van der Waals surface area contributed by atoms with Crippen LogP contribution in [0.2, 0.25) is 5.02 Å². The molecule has 63 heavy (non-hydrogen) atoms. The summed E-state index contributed by atoms with van der Waals surface area (Å²) in [6, 6.07) is 13.9. The van der Waals surface area contributed by atoms with Gasteiger partial charge in [-0.2, -0.15) is 0 Å². The summed E-state index contributed by atoms with van der Waals surface area (Å²) in [5.74, 6) is 1.40. The van der Waals surface area contributed by atoms with Gasteiger partial charge >= 0.3 is 0 Å². The molecule has 10 nitrogen and oxygen atoms in total. The summed E-state index contributed by atoms with van der Waals surface area (Å²) in [6.07, 6.45) is 12.7. The zero-order valence-corrected chi connectivity index (χ0v) is 41.7. The maximum atomic E-state index is 13.1. The van der Waals surface area contributed by atoms with Gasteiger partial charge in [-0.1, -0.05) is 137 Å². The molecule has 5 rings (SSSR count). The predicted octanol–water partition coefficient (Wildman–Crippen LogP) is 11.9. The van der Waals surface area contributed by atoms with Gasteiger partial charge in [0.1, 0.15) is 5.57 Å². The lowest BCUT2D eigenvalue weighted by molar-refractivity contribution is -0.131. The van der Waals surface area contributed by atoms with Gasteiger partial charge < -0.3 is 20.5 Å². The molecule has 2 heterocycles. The van der Waals surface area contributed by atoms with Gasteiger partial charge in [-0.3, -0.25) is 19.4 Å². The molecule has 0 saturated carbocycles. The molecule has 0 fully saturated rings. The van der Waals surface area contributed by atoms with Crippen molar-refractivity contribution in [1.29, 1.82) is 0 Å². The van der Waals surface area contributed by atoms with Crippen molar-refractivity contribution in [2.24, 2.45) is 11.8 Å². The average molecular weight is 891 g/mol. The van der Waals surface area contributed by atoms with E-state index in [9.17, 15) is 14.4 Å². The number of ether oxygens (including phenoxy) is 1. The maximum absolute atomic E-state index is 13.1. The first-order chi connectivity index (χ1) is 30.2. The molecule has 2 aliphatic rings. The number of anilines is 1. The number of amides is 3. The van der Waals surface area contributed by atoms with Gasteiger partial charge in [0.15, 0.2) is 0 Å². The van der Waals surface area contributed by atoms with Crippen LogP contribution < -0.4 is 20.8 Å². The third-order valence-electron chi connectivity index (χ3n) is 12.4. The largest absolute Gasteiger partial charge is 0.481 e. The van der Waals surface area contributed by atoms with Crippen molar-refractivity contribution in [2.45, 2.75) is 158 Å². The second-order valence-corrected chi connectivity index (χ2v) is 17.0. The highest BCUT2D eigenvalue weighted by Gasteiger charge is 2.30. The molecule has 1 aliphatic carbocycles. The molecule has 2 aromatic carbocycles. The molecule has 3 atom stereocenters. The smallest absolute Gasteiger partial charge is 0.273 e.